The van der Waals surface area contributed by atoms with Crippen molar-refractivity contribution in [2.45, 2.75) is 26.2 Å². The van der Waals surface area contributed by atoms with E-state index in [-0.39, 0.29) is 0 Å². The summed E-state index contributed by atoms with van der Waals surface area (Å²) in [6.45, 7) is 4.36. The second-order valence-electron chi connectivity index (χ2n) is 2.93. The van der Waals surface area contributed by atoms with Gasteiger partial charge in [0.15, 0.2) is 0 Å². The summed E-state index contributed by atoms with van der Waals surface area (Å²) in [6, 6.07) is 2.02. The summed E-state index contributed by atoms with van der Waals surface area (Å²) in [7, 11) is 1.68. The van der Waals surface area contributed by atoms with Gasteiger partial charge in [0.2, 0.25) is 0 Å². The van der Waals surface area contributed by atoms with Gasteiger partial charge in [0.1, 0.15) is 5.75 Å². The Morgan fingerprint density at radius 2 is 2.33 bits per heavy atom. The van der Waals surface area contributed by atoms with E-state index < -0.39 is 0 Å². The summed E-state index contributed by atoms with van der Waals surface area (Å²) in [6.07, 6.45) is 4.70. The van der Waals surface area contributed by atoms with Gasteiger partial charge < -0.3 is 4.74 Å². The van der Waals surface area contributed by atoms with Gasteiger partial charge in [-0.25, -0.2) is 0 Å². The van der Waals surface area contributed by atoms with Crippen molar-refractivity contribution in [2.75, 3.05) is 7.11 Å². The standard InChI is InChI=1S/C10H15NO/c1-4-8(2)9-5-6-11-7-10(9)12-3/h5-8H,4H2,1-3H3. The quantitative estimate of drug-likeness (QED) is 0.686. The largest absolute Gasteiger partial charge is 0.495 e. The van der Waals surface area contributed by atoms with Crippen LogP contribution >= 0.6 is 0 Å². The molecule has 0 radical (unpaired) electrons. The van der Waals surface area contributed by atoms with Crippen LogP contribution in [0, 0.1) is 0 Å². The van der Waals surface area contributed by atoms with E-state index in [9.17, 15) is 0 Å². The van der Waals surface area contributed by atoms with Crippen LogP contribution in [0.15, 0.2) is 18.5 Å². The first-order valence-corrected chi connectivity index (χ1v) is 4.27. The van der Waals surface area contributed by atoms with E-state index in [1.807, 2.05) is 12.3 Å². The van der Waals surface area contributed by atoms with E-state index in [1.165, 1.54) is 5.56 Å². The molecular weight excluding hydrogens is 150 g/mol. The van der Waals surface area contributed by atoms with Crippen molar-refractivity contribution >= 4 is 0 Å². The van der Waals surface area contributed by atoms with Crippen LogP contribution in [0.3, 0.4) is 0 Å². The molecule has 0 N–H and O–H groups in total. The first-order valence-electron chi connectivity index (χ1n) is 4.27. The first-order chi connectivity index (χ1) is 5.79. The second-order valence-corrected chi connectivity index (χ2v) is 2.93. The third kappa shape index (κ3) is 1.76. The molecule has 0 fully saturated rings. The Hall–Kier alpha value is -1.05. The van der Waals surface area contributed by atoms with E-state index in [2.05, 4.69) is 18.8 Å². The summed E-state index contributed by atoms with van der Waals surface area (Å²) in [5.41, 5.74) is 1.25. The lowest BCUT2D eigenvalue weighted by molar-refractivity contribution is 0.404. The molecule has 0 bridgehead atoms. The lowest BCUT2D eigenvalue weighted by Crippen LogP contribution is -1.96. The van der Waals surface area contributed by atoms with Gasteiger partial charge in [-0.2, -0.15) is 0 Å². The van der Waals surface area contributed by atoms with Gasteiger partial charge in [0.25, 0.3) is 0 Å². The van der Waals surface area contributed by atoms with Crippen LogP contribution in [0.1, 0.15) is 31.7 Å². The summed E-state index contributed by atoms with van der Waals surface area (Å²) in [5.74, 6) is 1.44. The zero-order chi connectivity index (χ0) is 8.97. The van der Waals surface area contributed by atoms with Gasteiger partial charge in [-0.1, -0.05) is 13.8 Å². The molecule has 0 aliphatic heterocycles. The third-order valence-electron chi connectivity index (χ3n) is 2.18. The van der Waals surface area contributed by atoms with Crippen molar-refractivity contribution in [1.82, 2.24) is 4.98 Å². The highest BCUT2D eigenvalue weighted by Crippen LogP contribution is 2.26. The number of aromatic nitrogens is 1. The first kappa shape index (κ1) is 9.04. The minimum Gasteiger partial charge on any atom is -0.495 e. The maximum atomic E-state index is 5.21. The molecule has 66 valence electrons. The van der Waals surface area contributed by atoms with Gasteiger partial charge in [-0.05, 0) is 18.4 Å². The van der Waals surface area contributed by atoms with E-state index in [1.54, 1.807) is 13.3 Å². The van der Waals surface area contributed by atoms with Crippen LogP contribution in [0.2, 0.25) is 0 Å². The number of methoxy groups -OCH3 is 1. The maximum Gasteiger partial charge on any atom is 0.140 e. The highest BCUT2D eigenvalue weighted by atomic mass is 16.5. The van der Waals surface area contributed by atoms with Gasteiger partial charge >= 0.3 is 0 Å². The highest BCUT2D eigenvalue weighted by Gasteiger charge is 2.08. The monoisotopic (exact) mass is 165 g/mol. The molecule has 2 nitrogen and oxygen atoms in total. The minimum absolute atomic E-state index is 0.544. The van der Waals surface area contributed by atoms with Gasteiger partial charge in [0.05, 0.1) is 13.3 Å². The van der Waals surface area contributed by atoms with Crippen molar-refractivity contribution in [3.05, 3.63) is 24.0 Å². The number of rotatable bonds is 3. The number of ether oxygens (including phenoxy) is 1. The number of hydrogen-bond acceptors (Lipinski definition) is 2. The van der Waals surface area contributed by atoms with E-state index in [0.717, 1.165) is 12.2 Å². The molecule has 1 aromatic rings. The van der Waals surface area contributed by atoms with Gasteiger partial charge in [-0.3, -0.25) is 4.98 Å². The predicted molar refractivity (Wildman–Crippen MR) is 49.5 cm³/mol. The zero-order valence-electron chi connectivity index (χ0n) is 7.87. The average Bonchev–Trinajstić information content (AvgIpc) is 2.16. The summed E-state index contributed by atoms with van der Waals surface area (Å²) in [4.78, 5) is 4.01. The molecule has 1 aromatic heterocycles. The molecule has 1 rings (SSSR count). The molecule has 0 aromatic carbocycles. The van der Waals surface area contributed by atoms with Crippen LogP contribution in [-0.2, 0) is 0 Å². The lowest BCUT2D eigenvalue weighted by atomic mass is 9.99. The molecule has 1 heterocycles. The molecule has 0 amide bonds. The molecule has 0 spiro atoms. The maximum absolute atomic E-state index is 5.21. The van der Waals surface area contributed by atoms with E-state index in [0.29, 0.717) is 5.92 Å². The molecule has 0 saturated heterocycles. The fourth-order valence-corrected chi connectivity index (χ4v) is 1.19. The van der Waals surface area contributed by atoms with E-state index >= 15 is 0 Å². The SMILES string of the molecule is CCC(C)c1ccncc1OC. The van der Waals surface area contributed by atoms with Gasteiger partial charge in [-0.15, -0.1) is 0 Å². The molecular formula is C10H15NO. The van der Waals surface area contributed by atoms with Crippen LogP contribution in [0.25, 0.3) is 0 Å². The zero-order valence-corrected chi connectivity index (χ0v) is 7.87. The van der Waals surface area contributed by atoms with Crippen LogP contribution in [-0.4, -0.2) is 12.1 Å². The Bertz CT molecular complexity index is 247. The number of nitrogens with zero attached hydrogens (tertiary/aromatic N) is 1. The summed E-state index contributed by atoms with van der Waals surface area (Å²) in [5, 5.41) is 0. The van der Waals surface area contributed by atoms with Crippen LogP contribution in [0.4, 0.5) is 0 Å². The third-order valence-corrected chi connectivity index (χ3v) is 2.18. The summed E-state index contributed by atoms with van der Waals surface area (Å²) < 4.78 is 5.21. The Morgan fingerprint density at radius 1 is 1.58 bits per heavy atom. The van der Waals surface area contributed by atoms with Crippen LogP contribution < -0.4 is 4.74 Å². The molecule has 2 heteroatoms. The lowest BCUT2D eigenvalue weighted by Gasteiger charge is -2.12. The highest BCUT2D eigenvalue weighted by molar-refractivity contribution is 5.32. The average molecular weight is 165 g/mol. The van der Waals surface area contributed by atoms with Crippen molar-refractivity contribution in [2.24, 2.45) is 0 Å². The van der Waals surface area contributed by atoms with Crippen molar-refractivity contribution in [1.29, 1.82) is 0 Å². The smallest absolute Gasteiger partial charge is 0.140 e. The fraction of sp³-hybridized carbons (Fsp3) is 0.500. The molecule has 0 aliphatic carbocycles. The Kier molecular flexibility index (Phi) is 3.09. The molecule has 1 unspecified atom stereocenters. The fourth-order valence-electron chi connectivity index (χ4n) is 1.19. The van der Waals surface area contributed by atoms with Crippen molar-refractivity contribution < 1.29 is 4.74 Å². The molecule has 0 aliphatic rings. The molecule has 0 saturated carbocycles. The Balaban J connectivity index is 2.96. The topological polar surface area (TPSA) is 22.1 Å². The van der Waals surface area contributed by atoms with Crippen molar-refractivity contribution in [3.63, 3.8) is 0 Å². The Labute approximate surface area is 73.6 Å². The van der Waals surface area contributed by atoms with Crippen molar-refractivity contribution in [3.8, 4) is 5.75 Å². The number of hydrogen-bond donors (Lipinski definition) is 0. The van der Waals surface area contributed by atoms with E-state index in [4.69, 9.17) is 4.74 Å². The molecule has 1 atom stereocenters. The van der Waals surface area contributed by atoms with Crippen LogP contribution in [0.5, 0.6) is 5.75 Å². The predicted octanol–water partition coefficient (Wildman–Crippen LogP) is 2.60. The van der Waals surface area contributed by atoms with Gasteiger partial charge in [0, 0.05) is 11.8 Å². The molecule has 12 heavy (non-hydrogen) atoms. The number of pyridine rings is 1. The Morgan fingerprint density at radius 3 is 2.92 bits per heavy atom. The minimum atomic E-state index is 0.544. The normalized spacial score (nSPS) is 12.6. The summed E-state index contributed by atoms with van der Waals surface area (Å²) >= 11 is 0. The second kappa shape index (κ2) is 4.10.